The number of imidazole rings is 1. The summed E-state index contributed by atoms with van der Waals surface area (Å²) in [5.74, 6) is 1.90. The maximum absolute atomic E-state index is 8.91. The van der Waals surface area contributed by atoms with E-state index in [2.05, 4.69) is 46.1 Å². The number of nitrogens with one attached hydrogen (secondary N) is 1. The lowest BCUT2D eigenvalue weighted by atomic mass is 10.2. The molecule has 1 aliphatic rings. The van der Waals surface area contributed by atoms with Crippen LogP contribution in [0.15, 0.2) is 36.5 Å². The molecule has 4 rings (SSSR count). The van der Waals surface area contributed by atoms with Gasteiger partial charge in [-0.2, -0.15) is 5.26 Å². The summed E-state index contributed by atoms with van der Waals surface area (Å²) in [5, 5.41) is 8.91. The lowest BCUT2D eigenvalue weighted by Crippen LogP contribution is -2.24. The first-order valence-electron chi connectivity index (χ1n) is 7.83. The first kappa shape index (κ1) is 13.8. The minimum atomic E-state index is 0.211. The smallest absolute Gasteiger partial charge is 0.130 e. The zero-order chi connectivity index (χ0) is 15.8. The van der Waals surface area contributed by atoms with E-state index >= 15 is 0 Å². The number of benzene rings is 1. The molecule has 1 aromatic carbocycles. The summed E-state index contributed by atoms with van der Waals surface area (Å²) in [6.45, 7) is 3.04. The van der Waals surface area contributed by atoms with Crippen molar-refractivity contribution in [1.82, 2.24) is 15.0 Å². The topological polar surface area (TPSA) is 68.6 Å². The van der Waals surface area contributed by atoms with E-state index in [1.165, 1.54) is 5.56 Å². The van der Waals surface area contributed by atoms with Crippen LogP contribution in [0.4, 0.5) is 5.82 Å². The molecule has 1 N–H and O–H groups in total. The molecule has 0 saturated carbocycles. The van der Waals surface area contributed by atoms with Crippen molar-refractivity contribution < 1.29 is 0 Å². The van der Waals surface area contributed by atoms with Gasteiger partial charge in [-0.05, 0) is 49.6 Å². The Kier molecular flexibility index (Phi) is 3.23. The average Bonchev–Trinajstić information content (AvgIpc) is 3.20. The molecular formula is C18H17N5. The maximum Gasteiger partial charge on any atom is 0.130 e. The van der Waals surface area contributed by atoms with Gasteiger partial charge in [-0.1, -0.05) is 6.07 Å². The summed E-state index contributed by atoms with van der Waals surface area (Å²) in [6, 6.07) is 12.3. The summed E-state index contributed by atoms with van der Waals surface area (Å²) in [5.41, 5.74) is 3.90. The molecule has 0 bridgehead atoms. The monoisotopic (exact) mass is 303 g/mol. The SMILES string of the molecule is Cc1ccc2nc(C3CCCN3c3ccc(C#N)cn3)[nH]c2c1. The van der Waals surface area contributed by atoms with Crippen LogP contribution in [-0.4, -0.2) is 21.5 Å². The molecule has 1 fully saturated rings. The lowest BCUT2D eigenvalue weighted by Gasteiger charge is -2.24. The average molecular weight is 303 g/mol. The molecule has 2 aromatic heterocycles. The van der Waals surface area contributed by atoms with Gasteiger partial charge in [-0.3, -0.25) is 0 Å². The van der Waals surface area contributed by atoms with Crippen molar-refractivity contribution in [2.24, 2.45) is 0 Å². The number of aromatic amines is 1. The van der Waals surface area contributed by atoms with Crippen molar-refractivity contribution in [3.8, 4) is 6.07 Å². The molecule has 1 aliphatic heterocycles. The molecule has 5 nitrogen and oxygen atoms in total. The van der Waals surface area contributed by atoms with Crippen LogP contribution in [-0.2, 0) is 0 Å². The van der Waals surface area contributed by atoms with Crippen LogP contribution in [0.2, 0.25) is 0 Å². The van der Waals surface area contributed by atoms with Crippen molar-refractivity contribution in [2.45, 2.75) is 25.8 Å². The van der Waals surface area contributed by atoms with E-state index in [9.17, 15) is 0 Å². The molecular weight excluding hydrogens is 286 g/mol. The Balaban J connectivity index is 1.69. The highest BCUT2D eigenvalue weighted by molar-refractivity contribution is 5.76. The number of aromatic nitrogens is 3. The Bertz CT molecular complexity index is 888. The van der Waals surface area contributed by atoms with Crippen LogP contribution in [0.1, 0.15) is 35.8 Å². The number of nitrogens with zero attached hydrogens (tertiary/aromatic N) is 4. The van der Waals surface area contributed by atoms with Crippen LogP contribution in [0.3, 0.4) is 0 Å². The summed E-state index contributed by atoms with van der Waals surface area (Å²) in [4.78, 5) is 14.9. The number of hydrogen-bond acceptors (Lipinski definition) is 4. The van der Waals surface area contributed by atoms with Gasteiger partial charge in [0.15, 0.2) is 0 Å². The third-order valence-corrected chi connectivity index (χ3v) is 4.40. The van der Waals surface area contributed by atoms with Gasteiger partial charge in [-0.25, -0.2) is 9.97 Å². The third-order valence-electron chi connectivity index (χ3n) is 4.40. The van der Waals surface area contributed by atoms with Crippen molar-refractivity contribution in [3.63, 3.8) is 0 Å². The molecule has 114 valence electrons. The van der Waals surface area contributed by atoms with Gasteiger partial charge in [0.1, 0.15) is 17.7 Å². The normalized spacial score (nSPS) is 17.6. The van der Waals surface area contributed by atoms with E-state index in [0.717, 1.165) is 42.1 Å². The highest BCUT2D eigenvalue weighted by Gasteiger charge is 2.29. The first-order valence-corrected chi connectivity index (χ1v) is 7.83. The molecule has 3 aromatic rings. The second-order valence-electron chi connectivity index (χ2n) is 6.01. The Hall–Kier alpha value is -2.87. The Morgan fingerprint density at radius 2 is 2.22 bits per heavy atom. The van der Waals surface area contributed by atoms with Crippen molar-refractivity contribution in [3.05, 3.63) is 53.5 Å². The number of rotatable bonds is 2. The highest BCUT2D eigenvalue weighted by Crippen LogP contribution is 2.34. The van der Waals surface area contributed by atoms with E-state index in [0.29, 0.717) is 5.56 Å². The molecule has 0 spiro atoms. The van der Waals surface area contributed by atoms with Crippen LogP contribution in [0.5, 0.6) is 0 Å². The second kappa shape index (κ2) is 5.40. The third kappa shape index (κ3) is 2.42. The van der Waals surface area contributed by atoms with E-state index in [-0.39, 0.29) is 6.04 Å². The van der Waals surface area contributed by atoms with E-state index < -0.39 is 0 Å². The van der Waals surface area contributed by atoms with Crippen LogP contribution < -0.4 is 4.90 Å². The largest absolute Gasteiger partial charge is 0.346 e. The van der Waals surface area contributed by atoms with E-state index in [4.69, 9.17) is 10.2 Å². The number of pyridine rings is 1. The van der Waals surface area contributed by atoms with Crippen molar-refractivity contribution >= 4 is 16.9 Å². The minimum absolute atomic E-state index is 0.211. The molecule has 0 amide bonds. The second-order valence-corrected chi connectivity index (χ2v) is 6.01. The molecule has 23 heavy (non-hydrogen) atoms. The number of fused-ring (bicyclic) bond motifs is 1. The maximum atomic E-state index is 8.91. The summed E-state index contributed by atoms with van der Waals surface area (Å²) in [6.07, 6.45) is 3.80. The van der Waals surface area contributed by atoms with Crippen LogP contribution in [0, 0.1) is 18.3 Å². The van der Waals surface area contributed by atoms with E-state index in [1.54, 1.807) is 6.20 Å². The van der Waals surface area contributed by atoms with Gasteiger partial charge in [0.25, 0.3) is 0 Å². The van der Waals surface area contributed by atoms with Crippen molar-refractivity contribution in [1.29, 1.82) is 5.26 Å². The van der Waals surface area contributed by atoms with Gasteiger partial charge in [0, 0.05) is 12.7 Å². The molecule has 3 heterocycles. The molecule has 5 heteroatoms. The summed E-state index contributed by atoms with van der Waals surface area (Å²) < 4.78 is 0. The fourth-order valence-electron chi connectivity index (χ4n) is 3.25. The van der Waals surface area contributed by atoms with Crippen molar-refractivity contribution in [2.75, 3.05) is 11.4 Å². The quantitative estimate of drug-likeness (QED) is 0.787. The molecule has 0 radical (unpaired) electrons. The van der Waals surface area contributed by atoms with Gasteiger partial charge < -0.3 is 9.88 Å². The molecule has 1 unspecified atom stereocenters. The predicted octanol–water partition coefficient (Wildman–Crippen LogP) is 3.48. The number of nitriles is 1. The fourth-order valence-corrected chi connectivity index (χ4v) is 3.25. The van der Waals surface area contributed by atoms with Crippen LogP contribution in [0.25, 0.3) is 11.0 Å². The number of hydrogen-bond donors (Lipinski definition) is 1. The molecule has 0 aliphatic carbocycles. The zero-order valence-electron chi connectivity index (χ0n) is 13.0. The predicted molar refractivity (Wildman–Crippen MR) is 89.1 cm³/mol. The first-order chi connectivity index (χ1) is 11.2. The zero-order valence-corrected chi connectivity index (χ0v) is 13.0. The van der Waals surface area contributed by atoms with E-state index in [1.807, 2.05) is 12.1 Å². The number of anilines is 1. The molecule has 1 atom stereocenters. The lowest BCUT2D eigenvalue weighted by molar-refractivity contribution is 0.673. The number of H-pyrrole nitrogens is 1. The van der Waals surface area contributed by atoms with Gasteiger partial charge in [-0.15, -0.1) is 0 Å². The Labute approximate surface area is 134 Å². The standard InChI is InChI=1S/C18H17N5/c1-12-4-6-14-15(9-12)22-18(21-14)16-3-2-8-23(16)17-7-5-13(10-19)11-20-17/h4-7,9,11,16H,2-3,8H2,1H3,(H,21,22). The van der Waals surface area contributed by atoms with Gasteiger partial charge in [0.2, 0.25) is 0 Å². The Morgan fingerprint density at radius 1 is 1.30 bits per heavy atom. The molecule has 1 saturated heterocycles. The van der Waals surface area contributed by atoms with Crippen LogP contribution >= 0.6 is 0 Å². The van der Waals surface area contributed by atoms with Gasteiger partial charge >= 0.3 is 0 Å². The fraction of sp³-hybridized carbons (Fsp3) is 0.278. The number of aryl methyl sites for hydroxylation is 1. The van der Waals surface area contributed by atoms with Gasteiger partial charge in [0.05, 0.1) is 22.6 Å². The minimum Gasteiger partial charge on any atom is -0.346 e. The Morgan fingerprint density at radius 3 is 3.00 bits per heavy atom. The summed E-state index contributed by atoms with van der Waals surface area (Å²) >= 11 is 0. The summed E-state index contributed by atoms with van der Waals surface area (Å²) in [7, 11) is 0. The highest BCUT2D eigenvalue weighted by atomic mass is 15.2.